The van der Waals surface area contributed by atoms with Gasteiger partial charge in [0.1, 0.15) is 0 Å². The number of nitrogens with two attached hydrogens (primary N) is 1. The number of hydrogen-bond donors (Lipinski definition) is 2. The molecule has 0 aliphatic heterocycles. The van der Waals surface area contributed by atoms with Crippen LogP contribution < -0.4 is 5.73 Å². The first kappa shape index (κ1) is 8.31. The van der Waals surface area contributed by atoms with Gasteiger partial charge in [-0.15, -0.1) is 12.4 Å². The number of aliphatic hydroxyl groups is 1. The van der Waals surface area contributed by atoms with Crippen molar-refractivity contribution in [1.82, 2.24) is 0 Å². The van der Waals surface area contributed by atoms with Gasteiger partial charge in [-0.3, -0.25) is 0 Å². The molecule has 0 aromatic carbocycles. The minimum absolute atomic E-state index is 0. The van der Waals surface area contributed by atoms with Crippen LogP contribution in [0, 0.1) is 11.8 Å². The molecule has 0 saturated heterocycles. The number of rotatable bonds is 0. The van der Waals surface area contributed by atoms with Crippen LogP contribution in [0.15, 0.2) is 0 Å². The highest BCUT2D eigenvalue weighted by Gasteiger charge is 2.43. The largest absolute Gasteiger partial charge is 0.393 e. The smallest absolute Gasteiger partial charge is 0.0585 e. The van der Waals surface area contributed by atoms with E-state index in [1.54, 1.807) is 0 Å². The van der Waals surface area contributed by atoms with Crippen molar-refractivity contribution in [2.45, 2.75) is 31.4 Å². The lowest BCUT2D eigenvalue weighted by atomic mass is 9.94. The zero-order valence-corrected chi connectivity index (χ0v) is 6.68. The summed E-state index contributed by atoms with van der Waals surface area (Å²) in [4.78, 5) is 0. The molecule has 0 unspecified atom stereocenters. The van der Waals surface area contributed by atoms with Crippen molar-refractivity contribution < 1.29 is 5.11 Å². The number of hydrogen-bond acceptors (Lipinski definition) is 2. The second-order valence-electron chi connectivity index (χ2n) is 3.47. The molecule has 3 N–H and O–H groups in total. The molecule has 2 nitrogen and oxygen atoms in total. The van der Waals surface area contributed by atoms with Crippen LogP contribution in [0.1, 0.15) is 19.3 Å². The first-order chi connectivity index (χ1) is 4.27. The van der Waals surface area contributed by atoms with Crippen molar-refractivity contribution in [2.75, 3.05) is 0 Å². The third-order valence-electron chi connectivity index (χ3n) is 2.83. The molecule has 0 heterocycles. The maximum Gasteiger partial charge on any atom is 0.0585 e. The lowest BCUT2D eigenvalue weighted by molar-refractivity contribution is 0.103. The van der Waals surface area contributed by atoms with Gasteiger partial charge in [-0.1, -0.05) is 0 Å². The maximum absolute atomic E-state index is 9.31. The Morgan fingerprint density at radius 3 is 2.20 bits per heavy atom. The van der Waals surface area contributed by atoms with E-state index in [1.165, 1.54) is 6.42 Å². The molecule has 60 valence electrons. The van der Waals surface area contributed by atoms with Crippen LogP contribution in [0.5, 0.6) is 0 Å². The van der Waals surface area contributed by atoms with Gasteiger partial charge in [0.25, 0.3) is 0 Å². The highest BCUT2D eigenvalue weighted by atomic mass is 35.5. The third kappa shape index (κ3) is 1.04. The van der Waals surface area contributed by atoms with E-state index in [1.807, 2.05) is 0 Å². The van der Waals surface area contributed by atoms with E-state index >= 15 is 0 Å². The lowest BCUT2D eigenvalue weighted by Gasteiger charge is -2.21. The van der Waals surface area contributed by atoms with Crippen molar-refractivity contribution in [3.8, 4) is 0 Å². The number of fused-ring (bicyclic) bond motifs is 2. The second-order valence-corrected chi connectivity index (χ2v) is 3.47. The number of aliphatic hydroxyl groups excluding tert-OH is 1. The van der Waals surface area contributed by atoms with E-state index in [0.717, 1.165) is 18.8 Å². The topological polar surface area (TPSA) is 46.2 Å². The van der Waals surface area contributed by atoms with Crippen LogP contribution in [0.3, 0.4) is 0 Å². The molecular weight excluding hydrogens is 150 g/mol. The minimum atomic E-state index is -0.0706. The zero-order valence-electron chi connectivity index (χ0n) is 5.86. The summed E-state index contributed by atoms with van der Waals surface area (Å²) in [5, 5.41) is 9.31. The van der Waals surface area contributed by atoms with E-state index in [4.69, 9.17) is 5.73 Å². The molecule has 2 aliphatic carbocycles. The molecule has 0 aromatic heterocycles. The Labute approximate surface area is 67.2 Å². The summed E-state index contributed by atoms with van der Waals surface area (Å²) in [6.45, 7) is 0. The first-order valence-corrected chi connectivity index (χ1v) is 3.71. The Morgan fingerprint density at radius 2 is 1.90 bits per heavy atom. The quantitative estimate of drug-likeness (QED) is 0.547. The van der Waals surface area contributed by atoms with Gasteiger partial charge in [-0.25, -0.2) is 0 Å². The summed E-state index contributed by atoms with van der Waals surface area (Å²) in [7, 11) is 0. The zero-order chi connectivity index (χ0) is 6.43. The average molecular weight is 164 g/mol. The summed E-state index contributed by atoms with van der Waals surface area (Å²) in [5.74, 6) is 1.19. The van der Waals surface area contributed by atoms with Crippen LogP contribution in [0.2, 0.25) is 0 Å². The summed E-state index contributed by atoms with van der Waals surface area (Å²) in [6, 6.07) is 0.304. The van der Waals surface area contributed by atoms with Gasteiger partial charge in [0.05, 0.1) is 6.10 Å². The highest BCUT2D eigenvalue weighted by Crippen LogP contribution is 2.43. The molecule has 2 aliphatic rings. The van der Waals surface area contributed by atoms with Gasteiger partial charge in [-0.05, 0) is 25.2 Å². The second kappa shape index (κ2) is 2.68. The Morgan fingerprint density at radius 1 is 1.20 bits per heavy atom. The summed E-state index contributed by atoms with van der Waals surface area (Å²) < 4.78 is 0. The molecule has 0 radical (unpaired) electrons. The third-order valence-corrected chi connectivity index (χ3v) is 2.83. The Kier molecular flexibility index (Phi) is 2.23. The molecule has 10 heavy (non-hydrogen) atoms. The lowest BCUT2D eigenvalue weighted by Crippen LogP contribution is -2.34. The van der Waals surface area contributed by atoms with Gasteiger partial charge in [0.2, 0.25) is 0 Å². The van der Waals surface area contributed by atoms with Crippen LogP contribution in [-0.2, 0) is 0 Å². The highest BCUT2D eigenvalue weighted by molar-refractivity contribution is 5.85. The van der Waals surface area contributed by atoms with Crippen molar-refractivity contribution >= 4 is 12.4 Å². The van der Waals surface area contributed by atoms with Crippen molar-refractivity contribution in [3.05, 3.63) is 0 Å². The minimum Gasteiger partial charge on any atom is -0.393 e. The molecule has 0 amide bonds. The molecule has 3 heteroatoms. The predicted octanol–water partition coefficient (Wildman–Crippen LogP) is 0.526. The van der Waals surface area contributed by atoms with Crippen LogP contribution in [-0.4, -0.2) is 17.3 Å². The molecule has 0 spiro atoms. The molecule has 2 rings (SSSR count). The van der Waals surface area contributed by atoms with Gasteiger partial charge in [0.15, 0.2) is 0 Å². The van der Waals surface area contributed by atoms with E-state index in [-0.39, 0.29) is 18.5 Å². The van der Waals surface area contributed by atoms with Crippen LogP contribution >= 0.6 is 12.4 Å². The van der Waals surface area contributed by atoms with Crippen LogP contribution in [0.25, 0.3) is 0 Å². The number of halogens is 1. The van der Waals surface area contributed by atoms with Gasteiger partial charge < -0.3 is 10.8 Å². The molecule has 2 fully saturated rings. The molecule has 0 aromatic rings. The van der Waals surface area contributed by atoms with Gasteiger partial charge in [0, 0.05) is 12.0 Å². The fourth-order valence-electron chi connectivity index (χ4n) is 2.37. The Balaban J connectivity index is 0.000000500. The molecule has 4 atom stereocenters. The molecule has 2 bridgehead atoms. The normalized spacial score (nSPS) is 51.0. The van der Waals surface area contributed by atoms with E-state index < -0.39 is 0 Å². The Bertz CT molecular complexity index is 119. The van der Waals surface area contributed by atoms with E-state index in [9.17, 15) is 5.11 Å². The van der Waals surface area contributed by atoms with Gasteiger partial charge in [-0.2, -0.15) is 0 Å². The van der Waals surface area contributed by atoms with E-state index in [2.05, 4.69) is 0 Å². The fraction of sp³-hybridized carbons (Fsp3) is 1.00. The summed E-state index contributed by atoms with van der Waals surface area (Å²) >= 11 is 0. The maximum atomic E-state index is 9.31. The van der Waals surface area contributed by atoms with E-state index in [0.29, 0.717) is 12.0 Å². The summed E-state index contributed by atoms with van der Waals surface area (Å²) in [6.07, 6.45) is 3.28. The Hall–Kier alpha value is 0.210. The SMILES string of the molecule is Cl.N[C@H]1C[C@@H]2C[C@H]1[C@H](O)C2. The van der Waals surface area contributed by atoms with Crippen molar-refractivity contribution in [1.29, 1.82) is 0 Å². The monoisotopic (exact) mass is 163 g/mol. The standard InChI is InChI=1S/C7H13NO.ClH/c8-6-2-4-1-5(6)7(9)3-4;/h4-7,9H,1-3,8H2;1H/t4-,5+,6-,7+;/m0./s1. The van der Waals surface area contributed by atoms with Crippen molar-refractivity contribution in [3.63, 3.8) is 0 Å². The summed E-state index contributed by atoms with van der Waals surface area (Å²) in [5.41, 5.74) is 5.75. The van der Waals surface area contributed by atoms with Gasteiger partial charge >= 0.3 is 0 Å². The van der Waals surface area contributed by atoms with Crippen LogP contribution in [0.4, 0.5) is 0 Å². The predicted molar refractivity (Wildman–Crippen MR) is 42.1 cm³/mol. The average Bonchev–Trinajstić information content (AvgIpc) is 2.22. The van der Waals surface area contributed by atoms with Crippen molar-refractivity contribution in [2.24, 2.45) is 17.6 Å². The molecule has 2 saturated carbocycles. The first-order valence-electron chi connectivity index (χ1n) is 3.71. The molecular formula is C7H14ClNO. The fourth-order valence-corrected chi connectivity index (χ4v) is 2.37.